The molecule has 0 bridgehead atoms. The number of hydrogen-bond donors (Lipinski definition) is 1. The van der Waals surface area contributed by atoms with Gasteiger partial charge in [-0.25, -0.2) is 0 Å². The van der Waals surface area contributed by atoms with Crippen molar-refractivity contribution in [2.45, 2.75) is 59.4 Å². The van der Waals surface area contributed by atoms with Gasteiger partial charge in [0.15, 0.2) is 0 Å². The molecule has 1 aliphatic carbocycles. The normalized spacial score (nSPS) is 26.8. The second kappa shape index (κ2) is 6.05. The predicted octanol–water partition coefficient (Wildman–Crippen LogP) is 2.64. The van der Waals surface area contributed by atoms with E-state index in [4.69, 9.17) is 5.73 Å². The molecular weight excluding hydrogens is 224 g/mol. The van der Waals surface area contributed by atoms with Crippen molar-refractivity contribution in [3.05, 3.63) is 0 Å². The molecule has 3 heteroatoms. The minimum Gasteiger partial charge on any atom is -0.344 e. The molecule has 1 fully saturated rings. The van der Waals surface area contributed by atoms with E-state index in [0.29, 0.717) is 17.9 Å². The van der Waals surface area contributed by atoms with Crippen LogP contribution in [-0.2, 0) is 4.79 Å². The second-order valence-electron chi connectivity index (χ2n) is 7.11. The van der Waals surface area contributed by atoms with Crippen molar-refractivity contribution < 1.29 is 4.79 Å². The molecule has 0 spiro atoms. The van der Waals surface area contributed by atoms with Gasteiger partial charge < -0.3 is 10.6 Å². The SMILES string of the molecule is CC(N)CN(C)C(=O)C1CCC(C(C)(C)C)CC1. The van der Waals surface area contributed by atoms with Crippen LogP contribution in [0.4, 0.5) is 0 Å². The Labute approximate surface area is 112 Å². The van der Waals surface area contributed by atoms with E-state index in [9.17, 15) is 4.79 Å². The van der Waals surface area contributed by atoms with Crippen LogP contribution in [0.3, 0.4) is 0 Å². The van der Waals surface area contributed by atoms with Crippen LogP contribution in [0.1, 0.15) is 53.4 Å². The minimum atomic E-state index is 0.0601. The van der Waals surface area contributed by atoms with Gasteiger partial charge in [-0.15, -0.1) is 0 Å². The van der Waals surface area contributed by atoms with Crippen molar-refractivity contribution in [2.75, 3.05) is 13.6 Å². The van der Waals surface area contributed by atoms with Crippen molar-refractivity contribution in [3.8, 4) is 0 Å². The van der Waals surface area contributed by atoms with E-state index in [1.54, 1.807) is 0 Å². The summed E-state index contributed by atoms with van der Waals surface area (Å²) in [6.07, 6.45) is 4.46. The van der Waals surface area contributed by atoms with Gasteiger partial charge in [-0.2, -0.15) is 0 Å². The summed E-state index contributed by atoms with van der Waals surface area (Å²) in [6.45, 7) is 9.53. The van der Waals surface area contributed by atoms with E-state index in [1.807, 2.05) is 18.9 Å². The molecular formula is C15H30N2O. The first-order valence-electron chi connectivity index (χ1n) is 7.22. The zero-order valence-corrected chi connectivity index (χ0v) is 12.7. The minimum absolute atomic E-state index is 0.0601. The standard InChI is InChI=1S/C15H30N2O/c1-11(16)10-17(5)14(18)12-6-8-13(9-7-12)15(2,3)4/h11-13H,6-10,16H2,1-5H3. The van der Waals surface area contributed by atoms with Crippen LogP contribution in [0, 0.1) is 17.3 Å². The van der Waals surface area contributed by atoms with Gasteiger partial charge in [-0.3, -0.25) is 4.79 Å². The van der Waals surface area contributed by atoms with Crippen LogP contribution in [0.5, 0.6) is 0 Å². The molecule has 0 aromatic heterocycles. The Morgan fingerprint density at radius 1 is 1.28 bits per heavy atom. The molecule has 106 valence electrons. The lowest BCUT2D eigenvalue weighted by Crippen LogP contribution is -2.41. The van der Waals surface area contributed by atoms with Crippen LogP contribution in [0.25, 0.3) is 0 Å². The molecule has 0 aliphatic heterocycles. The molecule has 18 heavy (non-hydrogen) atoms. The van der Waals surface area contributed by atoms with E-state index in [1.165, 1.54) is 12.8 Å². The molecule has 1 saturated carbocycles. The van der Waals surface area contributed by atoms with E-state index >= 15 is 0 Å². The van der Waals surface area contributed by atoms with Crippen molar-refractivity contribution in [2.24, 2.45) is 23.0 Å². The third-order valence-corrected chi connectivity index (χ3v) is 4.24. The molecule has 0 saturated heterocycles. The fraction of sp³-hybridized carbons (Fsp3) is 0.933. The first-order valence-corrected chi connectivity index (χ1v) is 7.22. The topological polar surface area (TPSA) is 46.3 Å². The zero-order valence-electron chi connectivity index (χ0n) is 12.7. The Bertz CT molecular complexity index is 273. The molecule has 1 rings (SSSR count). The summed E-state index contributed by atoms with van der Waals surface area (Å²) in [5.41, 5.74) is 6.13. The lowest BCUT2D eigenvalue weighted by Gasteiger charge is -2.37. The Kier molecular flexibility index (Phi) is 5.20. The van der Waals surface area contributed by atoms with E-state index in [-0.39, 0.29) is 12.0 Å². The molecule has 0 radical (unpaired) electrons. The molecule has 3 nitrogen and oxygen atoms in total. The van der Waals surface area contributed by atoms with Crippen LogP contribution < -0.4 is 5.73 Å². The van der Waals surface area contributed by atoms with Crippen LogP contribution >= 0.6 is 0 Å². The van der Waals surface area contributed by atoms with Gasteiger partial charge in [0, 0.05) is 25.6 Å². The monoisotopic (exact) mass is 254 g/mol. The van der Waals surface area contributed by atoms with Gasteiger partial charge in [0.25, 0.3) is 0 Å². The summed E-state index contributed by atoms with van der Waals surface area (Å²) >= 11 is 0. The Hall–Kier alpha value is -0.570. The molecule has 2 N–H and O–H groups in total. The highest BCUT2D eigenvalue weighted by Gasteiger charge is 2.33. The third-order valence-electron chi connectivity index (χ3n) is 4.24. The van der Waals surface area contributed by atoms with Crippen LogP contribution in [0.2, 0.25) is 0 Å². The molecule has 0 heterocycles. The van der Waals surface area contributed by atoms with Crippen molar-refractivity contribution in [3.63, 3.8) is 0 Å². The van der Waals surface area contributed by atoms with Crippen LogP contribution in [-0.4, -0.2) is 30.4 Å². The maximum atomic E-state index is 12.3. The van der Waals surface area contributed by atoms with Crippen molar-refractivity contribution >= 4 is 5.91 Å². The number of rotatable bonds is 3. The number of likely N-dealkylation sites (N-methyl/N-ethyl adjacent to an activating group) is 1. The van der Waals surface area contributed by atoms with Crippen molar-refractivity contribution in [1.82, 2.24) is 4.90 Å². The third kappa shape index (κ3) is 4.27. The molecule has 0 aromatic carbocycles. The highest BCUT2D eigenvalue weighted by molar-refractivity contribution is 5.78. The average molecular weight is 254 g/mol. The Balaban J connectivity index is 2.45. The lowest BCUT2D eigenvalue weighted by atomic mass is 9.69. The predicted molar refractivity (Wildman–Crippen MR) is 76.2 cm³/mol. The maximum absolute atomic E-state index is 12.3. The highest BCUT2D eigenvalue weighted by atomic mass is 16.2. The van der Waals surface area contributed by atoms with E-state index in [0.717, 1.165) is 18.8 Å². The highest BCUT2D eigenvalue weighted by Crippen LogP contribution is 2.40. The van der Waals surface area contributed by atoms with Gasteiger partial charge in [0.05, 0.1) is 0 Å². The molecule has 1 aliphatic rings. The Morgan fingerprint density at radius 3 is 2.17 bits per heavy atom. The van der Waals surface area contributed by atoms with Crippen LogP contribution in [0.15, 0.2) is 0 Å². The summed E-state index contributed by atoms with van der Waals surface area (Å²) in [7, 11) is 1.88. The summed E-state index contributed by atoms with van der Waals surface area (Å²) in [4.78, 5) is 14.1. The van der Waals surface area contributed by atoms with Gasteiger partial charge in [-0.05, 0) is 43.9 Å². The van der Waals surface area contributed by atoms with Gasteiger partial charge in [0.1, 0.15) is 0 Å². The first-order chi connectivity index (χ1) is 8.21. The average Bonchev–Trinajstić information content (AvgIpc) is 2.26. The number of hydrogen-bond acceptors (Lipinski definition) is 2. The van der Waals surface area contributed by atoms with Gasteiger partial charge >= 0.3 is 0 Å². The summed E-state index contributed by atoms with van der Waals surface area (Å²) < 4.78 is 0. The smallest absolute Gasteiger partial charge is 0.225 e. The van der Waals surface area contributed by atoms with Gasteiger partial charge in [0.2, 0.25) is 5.91 Å². The fourth-order valence-corrected chi connectivity index (χ4v) is 3.04. The van der Waals surface area contributed by atoms with Gasteiger partial charge in [-0.1, -0.05) is 20.8 Å². The zero-order chi connectivity index (χ0) is 13.9. The number of carbonyl (C=O) groups excluding carboxylic acids is 1. The summed E-state index contributed by atoms with van der Waals surface area (Å²) in [5.74, 6) is 1.28. The van der Waals surface area contributed by atoms with E-state index in [2.05, 4.69) is 20.8 Å². The second-order valence-corrected chi connectivity index (χ2v) is 7.11. The summed E-state index contributed by atoms with van der Waals surface area (Å²) in [5, 5.41) is 0. The quantitative estimate of drug-likeness (QED) is 0.841. The maximum Gasteiger partial charge on any atom is 0.225 e. The first kappa shape index (κ1) is 15.5. The summed E-state index contributed by atoms with van der Waals surface area (Å²) in [6, 6.07) is 0.0601. The molecule has 1 amide bonds. The Morgan fingerprint density at radius 2 is 1.78 bits per heavy atom. The largest absolute Gasteiger partial charge is 0.344 e. The number of carbonyl (C=O) groups is 1. The lowest BCUT2D eigenvalue weighted by molar-refractivity contribution is -0.136. The van der Waals surface area contributed by atoms with E-state index < -0.39 is 0 Å². The van der Waals surface area contributed by atoms with Crippen molar-refractivity contribution in [1.29, 1.82) is 0 Å². The number of amides is 1. The number of nitrogens with zero attached hydrogens (tertiary/aromatic N) is 1. The fourth-order valence-electron chi connectivity index (χ4n) is 3.04. The molecule has 1 unspecified atom stereocenters. The molecule has 0 aromatic rings. The number of nitrogens with two attached hydrogens (primary N) is 1. The molecule has 1 atom stereocenters.